The lowest BCUT2D eigenvalue weighted by molar-refractivity contribution is 0.0873. The average molecular weight is 691 g/mol. The van der Waals surface area contributed by atoms with Gasteiger partial charge in [-0.1, -0.05) is 121 Å². The fourth-order valence-electron chi connectivity index (χ4n) is 6.61. The number of sulfonamides is 1. The van der Waals surface area contributed by atoms with E-state index in [-0.39, 0.29) is 34.2 Å². The summed E-state index contributed by atoms with van der Waals surface area (Å²) < 4.78 is 40.7. The summed E-state index contributed by atoms with van der Waals surface area (Å²) in [6.45, 7) is 0.748. The first-order chi connectivity index (χ1) is 23.8. The molecule has 7 rings (SSSR count). The number of hydrogen-bond donors (Lipinski definition) is 1. The van der Waals surface area contributed by atoms with Gasteiger partial charge >= 0.3 is 11.4 Å². The number of fused-ring (bicyclic) bond motifs is 1. The van der Waals surface area contributed by atoms with E-state index in [0.717, 1.165) is 22.3 Å². The van der Waals surface area contributed by atoms with Gasteiger partial charge in [-0.05, 0) is 46.9 Å². The standard InChI is InChI=1S/C39H34N2O6S2/c42-37-35-24-34(21-22-36(35)40-38(43)47-37)49(44,45)41-25-33(23-32(41)27-46-26-28-13-5-1-6-14-28)48-39(29-15-7-2-8-16-29,30-17-9-3-10-18-30)31-19-11-4-12-20-31/h1-22,24,32-33H,23,25-27H2,(H,40,43)/t32-,33+/m0/s1. The Bertz CT molecular complexity index is 2170. The lowest BCUT2D eigenvalue weighted by Crippen LogP contribution is -2.38. The Labute approximate surface area is 288 Å². The second-order valence-electron chi connectivity index (χ2n) is 12.0. The van der Waals surface area contributed by atoms with Gasteiger partial charge in [0.25, 0.3) is 0 Å². The van der Waals surface area contributed by atoms with E-state index in [0.29, 0.717) is 13.0 Å². The van der Waals surface area contributed by atoms with Crippen LogP contribution in [0.2, 0.25) is 0 Å². The van der Waals surface area contributed by atoms with Crippen molar-refractivity contribution >= 4 is 32.7 Å². The Morgan fingerprint density at radius 2 is 1.33 bits per heavy atom. The SMILES string of the molecule is O=c1[nH]c2ccc(S(=O)(=O)N3C[C@H](SC(c4ccccc4)(c4ccccc4)c4ccccc4)C[C@H]3COCc3ccccc3)cc2c(=O)o1. The third-order valence-corrected chi connectivity index (χ3v) is 12.5. The van der Waals surface area contributed by atoms with Crippen LogP contribution in [0.15, 0.2) is 158 Å². The maximum atomic E-state index is 14.5. The fraction of sp³-hybridized carbons (Fsp3) is 0.179. The van der Waals surface area contributed by atoms with Crippen LogP contribution in [0.5, 0.6) is 0 Å². The molecule has 8 nitrogen and oxygen atoms in total. The molecule has 0 bridgehead atoms. The summed E-state index contributed by atoms with van der Waals surface area (Å²) in [6, 6.07) is 44.4. The zero-order chi connectivity index (χ0) is 33.8. The number of nitrogens with one attached hydrogen (secondary N) is 1. The number of aromatic amines is 1. The first kappa shape index (κ1) is 32.8. The molecule has 1 aromatic heterocycles. The summed E-state index contributed by atoms with van der Waals surface area (Å²) in [6.07, 6.45) is 0.538. The number of ether oxygens (including phenoxy) is 1. The van der Waals surface area contributed by atoms with Crippen LogP contribution in [-0.2, 0) is 26.1 Å². The van der Waals surface area contributed by atoms with Crippen molar-refractivity contribution < 1.29 is 17.6 Å². The van der Waals surface area contributed by atoms with Gasteiger partial charge in [0, 0.05) is 17.8 Å². The highest BCUT2D eigenvalue weighted by atomic mass is 32.2. The molecule has 1 aliphatic rings. The first-order valence-corrected chi connectivity index (χ1v) is 18.3. The van der Waals surface area contributed by atoms with E-state index in [4.69, 9.17) is 9.15 Å². The smallest absolute Gasteiger partial charge is 0.375 e. The summed E-state index contributed by atoms with van der Waals surface area (Å²) in [5.41, 5.74) is 3.57. The van der Waals surface area contributed by atoms with E-state index in [9.17, 15) is 18.0 Å². The largest absolute Gasteiger partial charge is 0.419 e. The molecule has 0 amide bonds. The quantitative estimate of drug-likeness (QED) is 0.154. The van der Waals surface area contributed by atoms with Crippen LogP contribution >= 0.6 is 11.8 Å². The van der Waals surface area contributed by atoms with Crippen molar-refractivity contribution in [3.05, 3.63) is 183 Å². The fourth-order valence-corrected chi connectivity index (χ4v) is 10.3. The monoisotopic (exact) mass is 690 g/mol. The summed E-state index contributed by atoms with van der Waals surface area (Å²) >= 11 is 1.75. The Kier molecular flexibility index (Phi) is 9.38. The van der Waals surface area contributed by atoms with Crippen LogP contribution < -0.4 is 11.4 Å². The van der Waals surface area contributed by atoms with Crippen LogP contribution in [0.25, 0.3) is 10.9 Å². The Hall–Kier alpha value is -4.74. The van der Waals surface area contributed by atoms with Gasteiger partial charge in [0.05, 0.1) is 33.8 Å². The molecule has 1 aliphatic heterocycles. The van der Waals surface area contributed by atoms with Gasteiger partial charge in [-0.15, -0.1) is 11.8 Å². The second-order valence-corrected chi connectivity index (χ2v) is 15.4. The minimum absolute atomic E-state index is 0.0149. The summed E-state index contributed by atoms with van der Waals surface area (Å²) in [5.74, 6) is -0.901. The van der Waals surface area contributed by atoms with Crippen molar-refractivity contribution in [1.82, 2.24) is 9.29 Å². The molecular formula is C39H34N2O6S2. The summed E-state index contributed by atoms with van der Waals surface area (Å²) in [5, 5.41) is -0.151. The first-order valence-electron chi connectivity index (χ1n) is 16.0. The topological polar surface area (TPSA) is 110 Å². The van der Waals surface area contributed by atoms with Gasteiger partial charge < -0.3 is 9.15 Å². The normalized spacial score (nSPS) is 17.0. The molecule has 2 heterocycles. The molecule has 0 radical (unpaired) electrons. The molecule has 248 valence electrons. The number of nitrogens with zero attached hydrogens (tertiary/aromatic N) is 1. The van der Waals surface area contributed by atoms with Crippen molar-refractivity contribution in [2.45, 2.75) is 34.0 Å². The predicted octanol–water partition coefficient (Wildman–Crippen LogP) is 6.56. The maximum absolute atomic E-state index is 14.5. The van der Waals surface area contributed by atoms with Gasteiger partial charge in [-0.2, -0.15) is 4.31 Å². The van der Waals surface area contributed by atoms with Gasteiger partial charge in [-0.3, -0.25) is 4.98 Å². The molecule has 2 atom stereocenters. The number of thioether (sulfide) groups is 1. The highest BCUT2D eigenvalue weighted by Gasteiger charge is 2.46. The van der Waals surface area contributed by atoms with Gasteiger partial charge in [0.15, 0.2) is 0 Å². The molecule has 1 N–H and O–H groups in total. The maximum Gasteiger partial charge on any atom is 0.419 e. The number of hydrogen-bond acceptors (Lipinski definition) is 7. The number of aromatic nitrogens is 1. The van der Waals surface area contributed by atoms with Gasteiger partial charge in [-0.25, -0.2) is 18.0 Å². The van der Waals surface area contributed by atoms with Crippen molar-refractivity contribution in [3.63, 3.8) is 0 Å². The van der Waals surface area contributed by atoms with E-state index in [1.807, 2.05) is 84.9 Å². The zero-order valence-corrected chi connectivity index (χ0v) is 28.1. The van der Waals surface area contributed by atoms with Gasteiger partial charge in [0.1, 0.15) is 0 Å². The number of H-pyrrole nitrogens is 1. The average Bonchev–Trinajstić information content (AvgIpc) is 3.55. The summed E-state index contributed by atoms with van der Waals surface area (Å²) in [7, 11) is -4.12. The lowest BCUT2D eigenvalue weighted by atomic mass is 9.84. The zero-order valence-electron chi connectivity index (χ0n) is 26.5. The molecule has 1 fully saturated rings. The molecular weight excluding hydrogens is 657 g/mol. The molecule has 0 aliphatic carbocycles. The minimum Gasteiger partial charge on any atom is -0.375 e. The van der Waals surface area contributed by atoms with Gasteiger partial charge in [0.2, 0.25) is 10.0 Å². The number of benzene rings is 5. The van der Waals surface area contributed by atoms with Crippen molar-refractivity contribution in [2.75, 3.05) is 13.2 Å². The second kappa shape index (κ2) is 14.0. The molecule has 0 unspecified atom stereocenters. The van der Waals surface area contributed by atoms with Crippen LogP contribution in [0.1, 0.15) is 28.7 Å². The highest BCUT2D eigenvalue weighted by Crippen LogP contribution is 2.52. The summed E-state index contributed by atoms with van der Waals surface area (Å²) in [4.78, 5) is 26.7. The Balaban J connectivity index is 1.28. The molecule has 6 aromatic rings. The Morgan fingerprint density at radius 1 is 0.776 bits per heavy atom. The van der Waals surface area contributed by atoms with E-state index in [1.54, 1.807) is 11.8 Å². The molecule has 0 saturated carbocycles. The van der Waals surface area contributed by atoms with Crippen LogP contribution in [0.4, 0.5) is 0 Å². The van der Waals surface area contributed by atoms with Crippen molar-refractivity contribution in [1.29, 1.82) is 0 Å². The van der Waals surface area contributed by atoms with Crippen molar-refractivity contribution in [3.8, 4) is 0 Å². The predicted molar refractivity (Wildman–Crippen MR) is 192 cm³/mol. The number of rotatable bonds is 11. The highest BCUT2D eigenvalue weighted by molar-refractivity contribution is 8.01. The molecule has 5 aromatic carbocycles. The lowest BCUT2D eigenvalue weighted by Gasteiger charge is -2.37. The molecule has 1 saturated heterocycles. The van der Waals surface area contributed by atoms with E-state index >= 15 is 0 Å². The molecule has 0 spiro atoms. The van der Waals surface area contributed by atoms with E-state index in [1.165, 1.54) is 22.5 Å². The molecule has 10 heteroatoms. The Morgan fingerprint density at radius 3 is 1.90 bits per heavy atom. The van der Waals surface area contributed by atoms with Crippen molar-refractivity contribution in [2.24, 2.45) is 0 Å². The van der Waals surface area contributed by atoms with Crippen LogP contribution in [-0.4, -0.2) is 42.2 Å². The third-order valence-electron chi connectivity index (χ3n) is 8.87. The van der Waals surface area contributed by atoms with Crippen LogP contribution in [0, 0.1) is 0 Å². The molecule has 49 heavy (non-hydrogen) atoms. The minimum atomic E-state index is -4.12. The van der Waals surface area contributed by atoms with Crippen LogP contribution in [0.3, 0.4) is 0 Å². The third kappa shape index (κ3) is 6.65. The van der Waals surface area contributed by atoms with E-state index in [2.05, 4.69) is 41.4 Å². The van der Waals surface area contributed by atoms with E-state index < -0.39 is 32.2 Å².